The molecule has 2 aromatic rings. The number of carbonyl (C=O) groups is 1. The summed E-state index contributed by atoms with van der Waals surface area (Å²) in [5.74, 6) is 0.308. The fraction of sp³-hybridized carbons (Fsp3) is 0.133. The third kappa shape index (κ3) is 4.13. The molecule has 2 aromatic carbocycles. The van der Waals surface area contributed by atoms with Crippen molar-refractivity contribution in [1.82, 2.24) is 0 Å². The van der Waals surface area contributed by atoms with Crippen molar-refractivity contribution in [3.63, 3.8) is 0 Å². The van der Waals surface area contributed by atoms with E-state index in [1.807, 2.05) is 6.92 Å². The number of hydrogen-bond donors (Lipinski definition) is 0. The highest BCUT2D eigenvalue weighted by atomic mass is 79.9. The van der Waals surface area contributed by atoms with Crippen LogP contribution in [0.15, 0.2) is 40.9 Å². The second-order valence-electron chi connectivity index (χ2n) is 4.05. The quantitative estimate of drug-likeness (QED) is 0.520. The lowest BCUT2D eigenvalue weighted by molar-refractivity contribution is 0.0733. The summed E-state index contributed by atoms with van der Waals surface area (Å²) in [7, 11) is 0. The minimum Gasteiger partial charge on any atom is -0.494 e. The highest BCUT2D eigenvalue weighted by Crippen LogP contribution is 2.36. The molecule has 0 aromatic heterocycles. The third-order valence-corrected chi connectivity index (χ3v) is 3.63. The molecule has 0 heterocycles. The molecule has 0 aliphatic heterocycles. The zero-order valence-electron chi connectivity index (χ0n) is 11.0. The molecule has 6 heteroatoms. The molecule has 0 spiro atoms. The van der Waals surface area contributed by atoms with Gasteiger partial charge in [-0.15, -0.1) is 0 Å². The molecule has 3 nitrogen and oxygen atoms in total. The number of hydrogen-bond acceptors (Lipinski definition) is 3. The van der Waals surface area contributed by atoms with E-state index in [2.05, 4.69) is 15.9 Å². The molecule has 0 atom stereocenters. The van der Waals surface area contributed by atoms with E-state index >= 15 is 0 Å². The molecule has 0 aliphatic rings. The third-order valence-electron chi connectivity index (χ3n) is 2.54. The van der Waals surface area contributed by atoms with Gasteiger partial charge in [0.25, 0.3) is 0 Å². The Morgan fingerprint density at radius 2 is 2.00 bits per heavy atom. The van der Waals surface area contributed by atoms with E-state index in [9.17, 15) is 4.79 Å². The van der Waals surface area contributed by atoms with Crippen LogP contribution >= 0.6 is 39.1 Å². The van der Waals surface area contributed by atoms with Crippen molar-refractivity contribution in [3.8, 4) is 11.5 Å². The maximum absolute atomic E-state index is 12.2. The normalized spacial score (nSPS) is 10.3. The Bertz CT molecular complexity index is 651. The van der Waals surface area contributed by atoms with Gasteiger partial charge in [-0.25, -0.2) is 4.79 Å². The van der Waals surface area contributed by atoms with Crippen LogP contribution in [0.3, 0.4) is 0 Å². The maximum atomic E-state index is 12.2. The smallest absolute Gasteiger partial charge is 0.343 e. The Morgan fingerprint density at radius 1 is 1.24 bits per heavy atom. The van der Waals surface area contributed by atoms with E-state index in [-0.39, 0.29) is 10.8 Å². The number of benzene rings is 2. The van der Waals surface area contributed by atoms with Crippen molar-refractivity contribution in [2.24, 2.45) is 0 Å². The molecule has 0 radical (unpaired) electrons. The summed E-state index contributed by atoms with van der Waals surface area (Å²) >= 11 is 15.2. The molecule has 0 unspecified atom stereocenters. The Kier molecular flexibility index (Phi) is 5.51. The van der Waals surface area contributed by atoms with Gasteiger partial charge >= 0.3 is 5.97 Å². The van der Waals surface area contributed by atoms with Crippen LogP contribution in [0.4, 0.5) is 0 Å². The van der Waals surface area contributed by atoms with Gasteiger partial charge in [-0.2, -0.15) is 0 Å². The van der Waals surface area contributed by atoms with Crippen LogP contribution in [0.5, 0.6) is 11.5 Å². The summed E-state index contributed by atoms with van der Waals surface area (Å²) in [5.41, 5.74) is 0.374. The lowest BCUT2D eigenvalue weighted by Gasteiger charge is -2.10. The Hall–Kier alpha value is -1.23. The molecule has 0 saturated carbocycles. The van der Waals surface area contributed by atoms with Crippen LogP contribution in [0.1, 0.15) is 17.3 Å². The fourth-order valence-electron chi connectivity index (χ4n) is 1.66. The van der Waals surface area contributed by atoms with Crippen LogP contribution < -0.4 is 9.47 Å². The van der Waals surface area contributed by atoms with Gasteiger partial charge in [0.2, 0.25) is 0 Å². The van der Waals surface area contributed by atoms with Crippen molar-refractivity contribution < 1.29 is 14.3 Å². The molecule has 0 saturated heterocycles. The predicted octanol–water partition coefficient (Wildman–Crippen LogP) is 5.37. The first kappa shape index (κ1) is 16.1. The fourth-order valence-corrected chi connectivity index (χ4v) is 2.98. The summed E-state index contributed by atoms with van der Waals surface area (Å²) < 4.78 is 11.2. The number of esters is 1. The maximum Gasteiger partial charge on any atom is 0.343 e. The van der Waals surface area contributed by atoms with Crippen LogP contribution in [0, 0.1) is 0 Å². The standard InChI is InChI=1S/C15H11BrCl2O3/c1-2-20-11-5-3-4-9(6-11)15(19)21-14-12(16)7-10(17)8-13(14)18/h3-8H,2H2,1H3. The van der Waals surface area contributed by atoms with Gasteiger partial charge in [0, 0.05) is 5.02 Å². The van der Waals surface area contributed by atoms with Gasteiger partial charge in [0.1, 0.15) is 5.75 Å². The molecule has 0 aliphatic carbocycles. The van der Waals surface area contributed by atoms with Gasteiger partial charge in [-0.05, 0) is 53.2 Å². The molecule has 0 fully saturated rings. The summed E-state index contributed by atoms with van der Waals surface area (Å²) in [6.45, 7) is 2.39. The van der Waals surface area contributed by atoms with E-state index < -0.39 is 5.97 Å². The van der Waals surface area contributed by atoms with Crippen LogP contribution in [-0.2, 0) is 0 Å². The average molecular weight is 390 g/mol. The van der Waals surface area contributed by atoms with Crippen LogP contribution in [-0.4, -0.2) is 12.6 Å². The van der Waals surface area contributed by atoms with Crippen molar-refractivity contribution in [2.45, 2.75) is 6.92 Å². The van der Waals surface area contributed by atoms with E-state index in [4.69, 9.17) is 32.7 Å². The number of rotatable bonds is 4. The van der Waals surface area contributed by atoms with Crippen molar-refractivity contribution in [1.29, 1.82) is 0 Å². The zero-order valence-corrected chi connectivity index (χ0v) is 14.1. The second-order valence-corrected chi connectivity index (χ2v) is 5.75. The topological polar surface area (TPSA) is 35.5 Å². The summed E-state index contributed by atoms with van der Waals surface area (Å²) in [6, 6.07) is 9.86. The minimum absolute atomic E-state index is 0.230. The molecule has 2 rings (SSSR count). The monoisotopic (exact) mass is 388 g/mol. The Balaban J connectivity index is 2.24. The predicted molar refractivity (Wildman–Crippen MR) is 86.7 cm³/mol. The largest absolute Gasteiger partial charge is 0.494 e. The lowest BCUT2D eigenvalue weighted by atomic mass is 10.2. The molecule has 0 amide bonds. The van der Waals surface area contributed by atoms with Gasteiger partial charge in [-0.3, -0.25) is 0 Å². The number of carbonyl (C=O) groups excluding carboxylic acids is 1. The van der Waals surface area contributed by atoms with Crippen molar-refractivity contribution >= 4 is 45.1 Å². The molecular weight excluding hydrogens is 379 g/mol. The highest BCUT2D eigenvalue weighted by Gasteiger charge is 2.15. The summed E-state index contributed by atoms with van der Waals surface area (Å²) in [6.07, 6.45) is 0. The molecule has 21 heavy (non-hydrogen) atoms. The van der Waals surface area contributed by atoms with Gasteiger partial charge in [0.15, 0.2) is 5.75 Å². The first-order valence-electron chi connectivity index (χ1n) is 6.11. The van der Waals surface area contributed by atoms with Crippen molar-refractivity contribution in [3.05, 3.63) is 56.5 Å². The molecule has 0 N–H and O–H groups in total. The van der Waals surface area contributed by atoms with Crippen molar-refractivity contribution in [2.75, 3.05) is 6.61 Å². The van der Waals surface area contributed by atoms with Gasteiger partial charge in [0.05, 0.1) is 21.7 Å². The SMILES string of the molecule is CCOc1cccc(C(=O)Oc2c(Cl)cc(Cl)cc2Br)c1. The summed E-state index contributed by atoms with van der Waals surface area (Å²) in [4.78, 5) is 12.2. The average Bonchev–Trinajstić information content (AvgIpc) is 2.43. The Labute approximate surface area is 140 Å². The van der Waals surface area contributed by atoms with E-state index in [0.717, 1.165) is 0 Å². The molecule has 0 bridgehead atoms. The number of ether oxygens (including phenoxy) is 2. The molecule has 110 valence electrons. The minimum atomic E-state index is -0.526. The second kappa shape index (κ2) is 7.16. The zero-order chi connectivity index (χ0) is 15.4. The van der Waals surface area contributed by atoms with E-state index in [1.54, 1.807) is 30.3 Å². The van der Waals surface area contributed by atoms with Gasteiger partial charge in [-0.1, -0.05) is 29.3 Å². The van der Waals surface area contributed by atoms with Crippen LogP contribution in [0.2, 0.25) is 10.0 Å². The first-order valence-corrected chi connectivity index (χ1v) is 7.65. The van der Waals surface area contributed by atoms with E-state index in [0.29, 0.717) is 27.4 Å². The lowest BCUT2D eigenvalue weighted by Crippen LogP contribution is -2.09. The number of halogens is 3. The molecular formula is C15H11BrCl2O3. The van der Waals surface area contributed by atoms with E-state index in [1.165, 1.54) is 6.07 Å². The summed E-state index contributed by atoms with van der Waals surface area (Å²) in [5, 5.41) is 0.703. The first-order chi connectivity index (χ1) is 10.0. The highest BCUT2D eigenvalue weighted by molar-refractivity contribution is 9.10. The van der Waals surface area contributed by atoms with Crippen LogP contribution in [0.25, 0.3) is 0 Å². The Morgan fingerprint density at radius 3 is 2.67 bits per heavy atom. The van der Waals surface area contributed by atoms with Gasteiger partial charge < -0.3 is 9.47 Å².